The Morgan fingerprint density at radius 3 is 3.21 bits per heavy atom. The molecule has 1 aliphatic rings. The van der Waals surface area contributed by atoms with E-state index in [0.717, 1.165) is 17.7 Å². The third kappa shape index (κ3) is 1.69. The molecule has 0 bridgehead atoms. The minimum atomic E-state index is -0.228. The Morgan fingerprint density at radius 1 is 1.57 bits per heavy atom. The molecule has 1 atom stereocenters. The van der Waals surface area contributed by atoms with Crippen LogP contribution < -0.4 is 4.74 Å². The van der Waals surface area contributed by atoms with Crippen LogP contribution in [0.5, 0.6) is 5.75 Å². The summed E-state index contributed by atoms with van der Waals surface area (Å²) < 4.78 is 18.4. The minimum Gasteiger partial charge on any atom is -0.490 e. The molecule has 14 heavy (non-hydrogen) atoms. The van der Waals surface area contributed by atoms with Crippen LogP contribution in [0.25, 0.3) is 0 Å². The van der Waals surface area contributed by atoms with Crippen LogP contribution in [0, 0.1) is 17.1 Å². The Labute approximate surface area is 81.9 Å². The van der Waals surface area contributed by atoms with Crippen molar-refractivity contribution in [3.63, 3.8) is 0 Å². The maximum Gasteiger partial charge on any atom is 0.123 e. The summed E-state index contributed by atoms with van der Waals surface area (Å²) in [7, 11) is 0. The van der Waals surface area contributed by atoms with Gasteiger partial charge in [0.25, 0.3) is 0 Å². The summed E-state index contributed by atoms with van der Waals surface area (Å²) in [5.74, 6) is 0.530. The van der Waals surface area contributed by atoms with E-state index in [1.807, 2.05) is 0 Å². The van der Waals surface area contributed by atoms with Gasteiger partial charge in [-0.2, -0.15) is 5.26 Å². The molecule has 1 aromatic carbocycles. The van der Waals surface area contributed by atoms with Gasteiger partial charge in [-0.3, -0.25) is 0 Å². The lowest BCUT2D eigenvalue weighted by atomic mass is 10.1. The van der Waals surface area contributed by atoms with Crippen LogP contribution in [0.1, 0.15) is 18.4 Å². The van der Waals surface area contributed by atoms with Gasteiger partial charge < -0.3 is 4.74 Å². The zero-order valence-corrected chi connectivity index (χ0v) is 7.66. The molecule has 0 saturated carbocycles. The fraction of sp³-hybridized carbons (Fsp3) is 0.364. The molecule has 2 rings (SSSR count). The van der Waals surface area contributed by atoms with Gasteiger partial charge in [-0.1, -0.05) is 0 Å². The number of nitrogens with zero attached hydrogens (tertiary/aromatic N) is 1. The molecular formula is C11H10FNO. The number of hydrogen-bond donors (Lipinski definition) is 0. The molecule has 0 radical (unpaired) electrons. The highest BCUT2D eigenvalue weighted by Gasteiger charge is 2.22. The number of halogens is 1. The van der Waals surface area contributed by atoms with Gasteiger partial charge in [0.15, 0.2) is 0 Å². The Bertz CT molecular complexity index is 383. The van der Waals surface area contributed by atoms with Crippen molar-refractivity contribution in [3.8, 4) is 11.8 Å². The smallest absolute Gasteiger partial charge is 0.123 e. The maximum absolute atomic E-state index is 12.8. The first kappa shape index (κ1) is 9.01. The average Bonchev–Trinajstić information content (AvgIpc) is 2.56. The predicted octanol–water partition coefficient (Wildman–Crippen LogP) is 2.43. The van der Waals surface area contributed by atoms with E-state index in [9.17, 15) is 4.39 Å². The van der Waals surface area contributed by atoms with Gasteiger partial charge in [-0.15, -0.1) is 0 Å². The summed E-state index contributed by atoms with van der Waals surface area (Å²) in [4.78, 5) is 0. The zero-order chi connectivity index (χ0) is 9.97. The standard InChI is InChI=1S/C11H10FNO/c12-9-3-4-11-8(6-9)7-10(14-11)2-1-5-13/h3-4,6,10H,1-2,7H2. The molecular weight excluding hydrogens is 181 g/mol. The first-order chi connectivity index (χ1) is 6.79. The van der Waals surface area contributed by atoms with Crippen LogP contribution >= 0.6 is 0 Å². The largest absolute Gasteiger partial charge is 0.490 e. The molecule has 1 aromatic rings. The monoisotopic (exact) mass is 191 g/mol. The molecule has 0 spiro atoms. The van der Waals surface area contributed by atoms with Gasteiger partial charge >= 0.3 is 0 Å². The average molecular weight is 191 g/mol. The fourth-order valence-electron chi connectivity index (χ4n) is 1.68. The topological polar surface area (TPSA) is 33.0 Å². The van der Waals surface area contributed by atoms with E-state index in [0.29, 0.717) is 12.8 Å². The summed E-state index contributed by atoms with van der Waals surface area (Å²) >= 11 is 0. The molecule has 1 unspecified atom stereocenters. The summed E-state index contributed by atoms with van der Waals surface area (Å²) in [6.45, 7) is 0. The first-order valence-electron chi connectivity index (χ1n) is 4.61. The molecule has 0 aliphatic carbocycles. The van der Waals surface area contributed by atoms with Gasteiger partial charge in [0.1, 0.15) is 17.7 Å². The Morgan fingerprint density at radius 2 is 2.43 bits per heavy atom. The van der Waals surface area contributed by atoms with Crippen molar-refractivity contribution >= 4 is 0 Å². The Kier molecular flexibility index (Phi) is 2.36. The van der Waals surface area contributed by atoms with Crippen LogP contribution in [0.3, 0.4) is 0 Å². The fourth-order valence-corrected chi connectivity index (χ4v) is 1.68. The van der Waals surface area contributed by atoms with Crippen molar-refractivity contribution in [1.82, 2.24) is 0 Å². The number of benzene rings is 1. The van der Waals surface area contributed by atoms with Crippen LogP contribution in [-0.4, -0.2) is 6.10 Å². The van der Waals surface area contributed by atoms with E-state index >= 15 is 0 Å². The van der Waals surface area contributed by atoms with Crippen molar-refractivity contribution in [2.45, 2.75) is 25.4 Å². The highest BCUT2D eigenvalue weighted by Crippen LogP contribution is 2.30. The lowest BCUT2D eigenvalue weighted by Crippen LogP contribution is -2.11. The van der Waals surface area contributed by atoms with Gasteiger partial charge in [-0.05, 0) is 24.6 Å². The highest BCUT2D eigenvalue weighted by molar-refractivity contribution is 5.37. The Balaban J connectivity index is 2.07. The predicted molar refractivity (Wildman–Crippen MR) is 49.4 cm³/mol. The van der Waals surface area contributed by atoms with Crippen molar-refractivity contribution < 1.29 is 9.13 Å². The number of nitriles is 1. The molecule has 72 valence electrons. The summed E-state index contributed by atoms with van der Waals surface area (Å²) in [6.07, 6.45) is 1.97. The molecule has 0 N–H and O–H groups in total. The number of hydrogen-bond acceptors (Lipinski definition) is 2. The summed E-state index contributed by atoms with van der Waals surface area (Å²) in [5.41, 5.74) is 0.910. The SMILES string of the molecule is N#CCCC1Cc2cc(F)ccc2O1. The molecule has 1 aliphatic heterocycles. The van der Waals surface area contributed by atoms with E-state index in [1.54, 1.807) is 6.07 Å². The second-order valence-electron chi connectivity index (χ2n) is 3.39. The van der Waals surface area contributed by atoms with Crippen molar-refractivity contribution in [2.75, 3.05) is 0 Å². The number of ether oxygens (including phenoxy) is 1. The van der Waals surface area contributed by atoms with E-state index in [2.05, 4.69) is 6.07 Å². The number of rotatable bonds is 2. The number of fused-ring (bicyclic) bond motifs is 1. The summed E-state index contributed by atoms with van der Waals surface area (Å²) in [6, 6.07) is 6.62. The van der Waals surface area contributed by atoms with Crippen molar-refractivity contribution in [2.24, 2.45) is 0 Å². The van der Waals surface area contributed by atoms with Gasteiger partial charge in [0.2, 0.25) is 0 Å². The van der Waals surface area contributed by atoms with Gasteiger partial charge in [0, 0.05) is 18.4 Å². The van der Waals surface area contributed by atoms with E-state index in [-0.39, 0.29) is 11.9 Å². The summed E-state index contributed by atoms with van der Waals surface area (Å²) in [5, 5.41) is 8.42. The van der Waals surface area contributed by atoms with Gasteiger partial charge in [-0.25, -0.2) is 4.39 Å². The van der Waals surface area contributed by atoms with Gasteiger partial charge in [0.05, 0.1) is 6.07 Å². The van der Waals surface area contributed by atoms with E-state index in [1.165, 1.54) is 12.1 Å². The normalized spacial score (nSPS) is 18.4. The Hall–Kier alpha value is -1.56. The second kappa shape index (κ2) is 3.67. The minimum absolute atomic E-state index is 0.0476. The van der Waals surface area contributed by atoms with E-state index in [4.69, 9.17) is 10.00 Å². The van der Waals surface area contributed by atoms with Crippen LogP contribution in [0.4, 0.5) is 4.39 Å². The quantitative estimate of drug-likeness (QED) is 0.719. The first-order valence-corrected chi connectivity index (χ1v) is 4.61. The highest BCUT2D eigenvalue weighted by atomic mass is 19.1. The molecule has 0 aromatic heterocycles. The lowest BCUT2D eigenvalue weighted by molar-refractivity contribution is 0.223. The lowest BCUT2D eigenvalue weighted by Gasteiger charge is -2.06. The third-order valence-corrected chi connectivity index (χ3v) is 2.34. The molecule has 0 fully saturated rings. The molecule has 0 amide bonds. The zero-order valence-electron chi connectivity index (χ0n) is 7.66. The van der Waals surface area contributed by atoms with Crippen LogP contribution in [0.15, 0.2) is 18.2 Å². The maximum atomic E-state index is 12.8. The van der Waals surface area contributed by atoms with Crippen LogP contribution in [0.2, 0.25) is 0 Å². The second-order valence-corrected chi connectivity index (χ2v) is 3.39. The van der Waals surface area contributed by atoms with Crippen molar-refractivity contribution in [3.05, 3.63) is 29.6 Å². The van der Waals surface area contributed by atoms with E-state index < -0.39 is 0 Å². The third-order valence-electron chi connectivity index (χ3n) is 2.34. The molecule has 1 heterocycles. The van der Waals surface area contributed by atoms with Crippen molar-refractivity contribution in [1.29, 1.82) is 5.26 Å². The molecule has 2 nitrogen and oxygen atoms in total. The molecule has 0 saturated heterocycles. The molecule has 3 heteroatoms. The van der Waals surface area contributed by atoms with Crippen LogP contribution in [-0.2, 0) is 6.42 Å².